The number of nitrogens with one attached hydrogen (secondary N) is 1. The van der Waals surface area contributed by atoms with E-state index in [9.17, 15) is 4.79 Å². The van der Waals surface area contributed by atoms with Crippen molar-refractivity contribution in [2.24, 2.45) is 0 Å². The molecule has 3 rings (SSSR count). The Hall–Kier alpha value is -2.33. The van der Waals surface area contributed by atoms with E-state index in [1.54, 1.807) is 6.07 Å². The first-order valence-electron chi connectivity index (χ1n) is 7.47. The molecule has 2 heterocycles. The fourth-order valence-electron chi connectivity index (χ4n) is 2.68. The molecule has 3 aromatic rings. The Bertz CT molecular complexity index is 868. The summed E-state index contributed by atoms with van der Waals surface area (Å²) in [6.07, 6.45) is 1.87. The summed E-state index contributed by atoms with van der Waals surface area (Å²) in [5.74, 6) is -0.132. The van der Waals surface area contributed by atoms with E-state index < -0.39 is 0 Å². The van der Waals surface area contributed by atoms with E-state index in [2.05, 4.69) is 10.3 Å². The standard InChI is InChI=1S/C18H18ClN3O/c1-11-10-12(2)22-9-8-16(17(22)20-11)18(23)21-13(3)14-4-6-15(19)7-5-14/h4-10,13H,1-3H3,(H,21,23). The second-order valence-corrected chi connectivity index (χ2v) is 6.15. The SMILES string of the molecule is Cc1cc(C)n2ccc(C(=O)NC(C)c3ccc(Cl)cc3)c2n1. The van der Waals surface area contributed by atoms with Crippen molar-refractivity contribution >= 4 is 23.2 Å². The van der Waals surface area contributed by atoms with Crippen molar-refractivity contribution in [1.82, 2.24) is 14.7 Å². The van der Waals surface area contributed by atoms with E-state index in [-0.39, 0.29) is 11.9 Å². The molecule has 0 saturated carbocycles. The summed E-state index contributed by atoms with van der Waals surface area (Å²) in [7, 11) is 0. The molecule has 1 amide bonds. The zero-order valence-corrected chi connectivity index (χ0v) is 14.1. The summed E-state index contributed by atoms with van der Waals surface area (Å²) in [6, 6.07) is 11.2. The number of halogens is 1. The number of rotatable bonds is 3. The van der Waals surface area contributed by atoms with Crippen molar-refractivity contribution in [3.8, 4) is 0 Å². The number of hydrogen-bond donors (Lipinski definition) is 1. The largest absolute Gasteiger partial charge is 0.345 e. The quantitative estimate of drug-likeness (QED) is 0.787. The third kappa shape index (κ3) is 3.08. The Morgan fingerprint density at radius 2 is 1.91 bits per heavy atom. The van der Waals surface area contributed by atoms with Crippen LogP contribution in [0, 0.1) is 13.8 Å². The maximum atomic E-state index is 12.6. The summed E-state index contributed by atoms with van der Waals surface area (Å²) < 4.78 is 1.93. The Kier molecular flexibility index (Phi) is 4.09. The molecule has 0 radical (unpaired) electrons. The fourth-order valence-corrected chi connectivity index (χ4v) is 2.81. The van der Waals surface area contributed by atoms with Crippen molar-refractivity contribution in [2.75, 3.05) is 0 Å². The van der Waals surface area contributed by atoms with E-state index in [1.165, 1.54) is 0 Å². The Balaban J connectivity index is 1.87. The van der Waals surface area contributed by atoms with Gasteiger partial charge in [0, 0.05) is 22.6 Å². The smallest absolute Gasteiger partial charge is 0.255 e. The van der Waals surface area contributed by atoms with Crippen LogP contribution in [-0.2, 0) is 0 Å². The van der Waals surface area contributed by atoms with Gasteiger partial charge >= 0.3 is 0 Å². The van der Waals surface area contributed by atoms with Crippen LogP contribution in [0.3, 0.4) is 0 Å². The number of carbonyl (C=O) groups is 1. The highest BCUT2D eigenvalue weighted by Gasteiger charge is 2.16. The molecule has 0 bridgehead atoms. The molecule has 0 saturated heterocycles. The van der Waals surface area contributed by atoms with Gasteiger partial charge in [0.15, 0.2) is 0 Å². The van der Waals surface area contributed by atoms with Crippen LogP contribution >= 0.6 is 11.6 Å². The van der Waals surface area contributed by atoms with Gasteiger partial charge in [-0.3, -0.25) is 4.79 Å². The van der Waals surface area contributed by atoms with Gasteiger partial charge in [0.25, 0.3) is 5.91 Å². The van der Waals surface area contributed by atoms with Crippen LogP contribution in [0.2, 0.25) is 5.02 Å². The molecule has 0 aliphatic heterocycles. The molecule has 2 aromatic heterocycles. The molecule has 0 aliphatic rings. The second-order valence-electron chi connectivity index (χ2n) is 5.71. The molecular weight excluding hydrogens is 310 g/mol. The van der Waals surface area contributed by atoms with Crippen LogP contribution in [0.1, 0.15) is 40.3 Å². The summed E-state index contributed by atoms with van der Waals surface area (Å²) in [4.78, 5) is 17.1. The number of aromatic nitrogens is 2. The van der Waals surface area contributed by atoms with Gasteiger partial charge in [-0.05, 0) is 50.6 Å². The molecule has 1 aromatic carbocycles. The molecule has 1 atom stereocenters. The average Bonchev–Trinajstić information content (AvgIpc) is 2.91. The Labute approximate surface area is 140 Å². The fraction of sp³-hybridized carbons (Fsp3) is 0.222. The predicted octanol–water partition coefficient (Wildman–Crippen LogP) is 4.10. The molecule has 0 spiro atoms. The summed E-state index contributed by atoms with van der Waals surface area (Å²) >= 11 is 5.90. The monoisotopic (exact) mass is 327 g/mol. The first-order chi connectivity index (χ1) is 11.0. The van der Waals surface area contributed by atoms with Crippen LogP contribution < -0.4 is 5.32 Å². The van der Waals surface area contributed by atoms with E-state index >= 15 is 0 Å². The Morgan fingerprint density at radius 3 is 2.61 bits per heavy atom. The zero-order chi connectivity index (χ0) is 16.6. The summed E-state index contributed by atoms with van der Waals surface area (Å²) in [6.45, 7) is 5.88. The minimum absolute atomic E-state index is 0.111. The van der Waals surface area contributed by atoms with Gasteiger partial charge in [-0.25, -0.2) is 4.98 Å². The van der Waals surface area contributed by atoms with E-state index in [0.717, 1.165) is 17.0 Å². The van der Waals surface area contributed by atoms with Gasteiger partial charge in [0.05, 0.1) is 11.6 Å². The first kappa shape index (κ1) is 15.6. The summed E-state index contributed by atoms with van der Waals surface area (Å²) in [5, 5.41) is 3.70. The first-order valence-corrected chi connectivity index (χ1v) is 7.85. The van der Waals surface area contributed by atoms with E-state index in [1.807, 2.05) is 61.7 Å². The lowest BCUT2D eigenvalue weighted by Gasteiger charge is -2.14. The molecule has 1 unspecified atom stereocenters. The topological polar surface area (TPSA) is 46.4 Å². The van der Waals surface area contributed by atoms with Gasteiger partial charge in [-0.2, -0.15) is 0 Å². The summed E-state index contributed by atoms with van der Waals surface area (Å²) in [5.41, 5.74) is 4.22. The minimum atomic E-state index is -0.132. The third-order valence-electron chi connectivity index (χ3n) is 3.90. The maximum Gasteiger partial charge on any atom is 0.255 e. The lowest BCUT2D eigenvalue weighted by atomic mass is 10.1. The van der Waals surface area contributed by atoms with Crippen LogP contribution in [0.4, 0.5) is 0 Å². The molecule has 0 aliphatic carbocycles. The number of nitrogens with zero attached hydrogens (tertiary/aromatic N) is 2. The molecule has 118 valence electrons. The lowest BCUT2D eigenvalue weighted by molar-refractivity contribution is 0.0941. The van der Waals surface area contributed by atoms with Crippen LogP contribution in [0.15, 0.2) is 42.6 Å². The number of amides is 1. The number of benzene rings is 1. The normalized spacial score (nSPS) is 12.3. The van der Waals surface area contributed by atoms with Gasteiger partial charge < -0.3 is 9.72 Å². The lowest BCUT2D eigenvalue weighted by Crippen LogP contribution is -2.26. The molecule has 0 fully saturated rings. The average molecular weight is 328 g/mol. The second kappa shape index (κ2) is 6.05. The minimum Gasteiger partial charge on any atom is -0.345 e. The number of carbonyl (C=O) groups excluding carboxylic acids is 1. The van der Waals surface area contributed by atoms with Crippen LogP contribution in [0.5, 0.6) is 0 Å². The van der Waals surface area contributed by atoms with Crippen molar-refractivity contribution in [2.45, 2.75) is 26.8 Å². The van der Waals surface area contributed by atoms with Crippen molar-refractivity contribution in [1.29, 1.82) is 0 Å². The highest BCUT2D eigenvalue weighted by molar-refractivity contribution is 6.30. The third-order valence-corrected chi connectivity index (χ3v) is 4.15. The van der Waals surface area contributed by atoms with E-state index in [4.69, 9.17) is 11.6 Å². The van der Waals surface area contributed by atoms with Crippen LogP contribution in [0.25, 0.3) is 5.65 Å². The van der Waals surface area contributed by atoms with Crippen molar-refractivity contribution in [3.05, 3.63) is 70.1 Å². The molecule has 1 N–H and O–H groups in total. The van der Waals surface area contributed by atoms with Crippen LogP contribution in [-0.4, -0.2) is 15.3 Å². The highest BCUT2D eigenvalue weighted by atomic mass is 35.5. The van der Waals surface area contributed by atoms with Gasteiger partial charge in [-0.15, -0.1) is 0 Å². The van der Waals surface area contributed by atoms with Gasteiger partial charge in [-0.1, -0.05) is 23.7 Å². The maximum absolute atomic E-state index is 12.6. The van der Waals surface area contributed by atoms with Crippen molar-refractivity contribution < 1.29 is 4.79 Å². The van der Waals surface area contributed by atoms with Gasteiger partial charge in [0.2, 0.25) is 0 Å². The zero-order valence-electron chi connectivity index (χ0n) is 13.3. The number of aryl methyl sites for hydroxylation is 2. The Morgan fingerprint density at radius 1 is 1.22 bits per heavy atom. The molecule has 23 heavy (non-hydrogen) atoms. The predicted molar refractivity (Wildman–Crippen MR) is 92.0 cm³/mol. The molecule has 4 nitrogen and oxygen atoms in total. The van der Waals surface area contributed by atoms with E-state index in [0.29, 0.717) is 16.2 Å². The highest BCUT2D eigenvalue weighted by Crippen LogP contribution is 2.18. The molecular formula is C18H18ClN3O. The number of hydrogen-bond acceptors (Lipinski definition) is 2. The number of fused-ring (bicyclic) bond motifs is 1. The van der Waals surface area contributed by atoms with Gasteiger partial charge in [0.1, 0.15) is 5.65 Å². The van der Waals surface area contributed by atoms with Crippen molar-refractivity contribution in [3.63, 3.8) is 0 Å². The molecule has 5 heteroatoms.